The summed E-state index contributed by atoms with van der Waals surface area (Å²) in [5.41, 5.74) is 5.49. The van der Waals surface area contributed by atoms with Crippen LogP contribution in [0, 0.1) is 5.92 Å². The molecule has 0 heterocycles. The van der Waals surface area contributed by atoms with Gasteiger partial charge in [0.1, 0.15) is 0 Å². The summed E-state index contributed by atoms with van der Waals surface area (Å²) in [4.78, 5) is 12.0. The number of alkyl halides is 2. The van der Waals surface area contributed by atoms with Crippen molar-refractivity contribution in [1.82, 2.24) is 5.32 Å². The van der Waals surface area contributed by atoms with Gasteiger partial charge in [0, 0.05) is 18.8 Å². The van der Waals surface area contributed by atoms with Crippen LogP contribution in [0.25, 0.3) is 0 Å². The molecular weight excluding hydrogens is 246 g/mol. The number of hydrogen-bond donors (Lipinski definition) is 2. The van der Waals surface area contributed by atoms with Crippen LogP contribution >= 0.6 is 12.2 Å². The highest BCUT2D eigenvalue weighted by Gasteiger charge is 2.42. The molecule has 0 radical (unpaired) electrons. The predicted molar refractivity (Wildman–Crippen MR) is 65.9 cm³/mol. The van der Waals surface area contributed by atoms with E-state index in [-0.39, 0.29) is 36.2 Å². The molecule has 1 saturated carbocycles. The number of carbonyl (C=O) groups is 1. The van der Waals surface area contributed by atoms with E-state index in [1.807, 2.05) is 6.92 Å². The normalized spacial score (nSPS) is 24.3. The molecule has 1 fully saturated rings. The molecule has 1 amide bonds. The zero-order valence-electron chi connectivity index (χ0n) is 9.84. The standard InChI is InChI=1S/C11H18F2N2OS/c1-2-3-8(9(14)17)15-10(16)7-4-5-11(12,13)6-7/h7-8H,2-6H2,1H3,(H2,14,17)(H,15,16). The lowest BCUT2D eigenvalue weighted by Crippen LogP contribution is -2.45. The van der Waals surface area contributed by atoms with Crippen LogP contribution in [0.15, 0.2) is 0 Å². The van der Waals surface area contributed by atoms with Gasteiger partial charge in [-0.05, 0) is 12.8 Å². The molecule has 0 saturated heterocycles. The number of thiocarbonyl (C=S) groups is 1. The van der Waals surface area contributed by atoms with Crippen molar-refractivity contribution in [3.05, 3.63) is 0 Å². The SMILES string of the molecule is CCCC(NC(=O)C1CCC(F)(F)C1)C(N)=S. The first kappa shape index (κ1) is 14.3. The van der Waals surface area contributed by atoms with Gasteiger partial charge in [-0.25, -0.2) is 8.78 Å². The Labute approximate surface area is 105 Å². The molecule has 98 valence electrons. The molecule has 2 unspecified atom stereocenters. The molecule has 0 spiro atoms. The Morgan fingerprint density at radius 3 is 2.71 bits per heavy atom. The van der Waals surface area contributed by atoms with Gasteiger partial charge in [0.25, 0.3) is 0 Å². The van der Waals surface area contributed by atoms with Crippen molar-refractivity contribution in [3.8, 4) is 0 Å². The second kappa shape index (κ2) is 5.71. The topological polar surface area (TPSA) is 55.1 Å². The van der Waals surface area contributed by atoms with Crippen LogP contribution in [0.1, 0.15) is 39.0 Å². The predicted octanol–water partition coefficient (Wildman–Crippen LogP) is 1.99. The van der Waals surface area contributed by atoms with Gasteiger partial charge in [-0.15, -0.1) is 0 Å². The first-order valence-electron chi connectivity index (χ1n) is 5.83. The fourth-order valence-electron chi connectivity index (χ4n) is 2.04. The molecule has 1 rings (SSSR count). The van der Waals surface area contributed by atoms with Gasteiger partial charge < -0.3 is 11.1 Å². The lowest BCUT2D eigenvalue weighted by molar-refractivity contribution is -0.126. The monoisotopic (exact) mass is 264 g/mol. The van der Waals surface area contributed by atoms with Crippen LogP contribution in [0.2, 0.25) is 0 Å². The summed E-state index contributed by atoms with van der Waals surface area (Å²) in [6.07, 6.45) is 1.12. The third-order valence-corrected chi connectivity index (χ3v) is 3.30. The van der Waals surface area contributed by atoms with Gasteiger partial charge >= 0.3 is 0 Å². The molecule has 0 aliphatic heterocycles. The summed E-state index contributed by atoms with van der Waals surface area (Å²) < 4.78 is 25.9. The van der Waals surface area contributed by atoms with Gasteiger partial charge in [-0.1, -0.05) is 25.6 Å². The Bertz CT molecular complexity index is 310. The van der Waals surface area contributed by atoms with E-state index in [4.69, 9.17) is 18.0 Å². The summed E-state index contributed by atoms with van der Waals surface area (Å²) in [6.45, 7) is 1.95. The van der Waals surface area contributed by atoms with Crippen molar-refractivity contribution < 1.29 is 13.6 Å². The number of nitrogens with one attached hydrogen (secondary N) is 1. The first-order valence-corrected chi connectivity index (χ1v) is 6.24. The highest BCUT2D eigenvalue weighted by Crippen LogP contribution is 2.38. The molecule has 1 aliphatic rings. The molecule has 0 aromatic carbocycles. The van der Waals surface area contributed by atoms with E-state index in [2.05, 4.69) is 5.32 Å². The van der Waals surface area contributed by atoms with E-state index >= 15 is 0 Å². The Morgan fingerprint density at radius 1 is 1.65 bits per heavy atom. The molecular formula is C11H18F2N2OS. The third kappa shape index (κ3) is 4.18. The van der Waals surface area contributed by atoms with E-state index in [1.165, 1.54) is 0 Å². The Balaban J connectivity index is 2.51. The van der Waals surface area contributed by atoms with Crippen molar-refractivity contribution >= 4 is 23.1 Å². The molecule has 3 N–H and O–H groups in total. The van der Waals surface area contributed by atoms with Gasteiger partial charge in [0.05, 0.1) is 11.0 Å². The lowest BCUT2D eigenvalue weighted by Gasteiger charge is -2.19. The van der Waals surface area contributed by atoms with Crippen LogP contribution in [0.3, 0.4) is 0 Å². The van der Waals surface area contributed by atoms with E-state index in [0.29, 0.717) is 6.42 Å². The number of nitrogens with two attached hydrogens (primary N) is 1. The molecule has 0 aromatic heterocycles. The minimum absolute atomic E-state index is 0.212. The number of amides is 1. The first-order chi connectivity index (χ1) is 7.85. The van der Waals surface area contributed by atoms with Crippen LogP contribution in [-0.4, -0.2) is 22.9 Å². The second-order valence-corrected chi connectivity index (χ2v) is 5.02. The van der Waals surface area contributed by atoms with E-state index in [9.17, 15) is 13.6 Å². The number of carbonyl (C=O) groups excluding carboxylic acids is 1. The zero-order chi connectivity index (χ0) is 13.1. The average molecular weight is 264 g/mol. The van der Waals surface area contributed by atoms with Crippen molar-refractivity contribution in [2.24, 2.45) is 11.7 Å². The highest BCUT2D eigenvalue weighted by molar-refractivity contribution is 7.80. The quantitative estimate of drug-likeness (QED) is 0.747. The van der Waals surface area contributed by atoms with Crippen LogP contribution in [0.5, 0.6) is 0 Å². The molecule has 3 nitrogen and oxygen atoms in total. The maximum atomic E-state index is 13.0. The van der Waals surface area contributed by atoms with Crippen LogP contribution in [0.4, 0.5) is 8.78 Å². The summed E-state index contributed by atoms with van der Waals surface area (Å²) in [6, 6.07) is -0.378. The van der Waals surface area contributed by atoms with Gasteiger partial charge in [0.2, 0.25) is 11.8 Å². The fourth-order valence-corrected chi connectivity index (χ4v) is 2.21. The third-order valence-electron chi connectivity index (χ3n) is 3.01. The van der Waals surface area contributed by atoms with Crippen LogP contribution in [-0.2, 0) is 4.79 Å². The van der Waals surface area contributed by atoms with Gasteiger partial charge in [0.15, 0.2) is 0 Å². The minimum atomic E-state index is -2.70. The molecule has 0 bridgehead atoms. The smallest absolute Gasteiger partial charge is 0.248 e. The van der Waals surface area contributed by atoms with Crippen molar-refractivity contribution in [2.45, 2.75) is 51.0 Å². The zero-order valence-corrected chi connectivity index (χ0v) is 10.7. The Hall–Kier alpha value is -0.780. The van der Waals surface area contributed by atoms with Crippen LogP contribution < -0.4 is 11.1 Å². The molecule has 0 aromatic rings. The average Bonchev–Trinajstić information content (AvgIpc) is 2.58. The number of hydrogen-bond acceptors (Lipinski definition) is 2. The molecule has 2 atom stereocenters. The Kier molecular flexibility index (Phi) is 4.80. The summed E-state index contributed by atoms with van der Waals surface area (Å²) in [5, 5.41) is 2.66. The lowest BCUT2D eigenvalue weighted by atomic mass is 10.1. The van der Waals surface area contributed by atoms with Gasteiger partial charge in [-0.2, -0.15) is 0 Å². The Morgan fingerprint density at radius 2 is 2.29 bits per heavy atom. The number of halogens is 2. The second-order valence-electron chi connectivity index (χ2n) is 4.55. The summed E-state index contributed by atoms with van der Waals surface area (Å²) >= 11 is 4.84. The maximum absolute atomic E-state index is 13.0. The van der Waals surface area contributed by atoms with E-state index < -0.39 is 11.8 Å². The molecule has 17 heavy (non-hydrogen) atoms. The van der Waals surface area contributed by atoms with E-state index in [1.54, 1.807) is 0 Å². The summed E-state index contributed by atoms with van der Waals surface area (Å²) in [7, 11) is 0. The van der Waals surface area contributed by atoms with Gasteiger partial charge in [-0.3, -0.25) is 4.79 Å². The van der Waals surface area contributed by atoms with Crippen molar-refractivity contribution in [1.29, 1.82) is 0 Å². The molecule has 1 aliphatic carbocycles. The van der Waals surface area contributed by atoms with E-state index in [0.717, 1.165) is 6.42 Å². The highest BCUT2D eigenvalue weighted by atomic mass is 32.1. The largest absolute Gasteiger partial charge is 0.392 e. The number of rotatable bonds is 5. The molecule has 6 heteroatoms. The maximum Gasteiger partial charge on any atom is 0.248 e. The van der Waals surface area contributed by atoms with Crippen molar-refractivity contribution in [3.63, 3.8) is 0 Å². The fraction of sp³-hybridized carbons (Fsp3) is 0.818. The summed E-state index contributed by atoms with van der Waals surface area (Å²) in [5.74, 6) is -3.67. The van der Waals surface area contributed by atoms with Crippen molar-refractivity contribution in [2.75, 3.05) is 0 Å². The minimum Gasteiger partial charge on any atom is -0.392 e.